The van der Waals surface area contributed by atoms with E-state index in [0.717, 1.165) is 24.2 Å². The van der Waals surface area contributed by atoms with Gasteiger partial charge in [-0.2, -0.15) is 5.26 Å². The standard InChI is InChI=1S/C19H27N5O4S2/c1-19(2,3)15-14(12-20)29-17(21-15)22-16(25)13-6-4-5-7-24(13)18(26)23-8-10-30(27,28)11-9-23/h13H,4-11H2,1-3H3,(H,21,22,25)/t13-/m0/s1. The number of carbonyl (C=O) groups is 2. The van der Waals surface area contributed by atoms with Gasteiger partial charge in [0, 0.05) is 25.0 Å². The van der Waals surface area contributed by atoms with Gasteiger partial charge in [0.15, 0.2) is 15.0 Å². The van der Waals surface area contributed by atoms with E-state index in [1.165, 1.54) is 4.90 Å². The van der Waals surface area contributed by atoms with E-state index >= 15 is 0 Å². The molecular formula is C19H27N5O4S2. The molecule has 3 amide bonds. The first-order valence-corrected chi connectivity index (χ1v) is 12.6. The maximum absolute atomic E-state index is 13.0. The second-order valence-corrected chi connectivity index (χ2v) is 12.0. The van der Waals surface area contributed by atoms with Gasteiger partial charge in [-0.15, -0.1) is 0 Å². The Labute approximate surface area is 181 Å². The van der Waals surface area contributed by atoms with Crippen LogP contribution in [0, 0.1) is 11.3 Å². The summed E-state index contributed by atoms with van der Waals surface area (Å²) >= 11 is 1.13. The zero-order valence-corrected chi connectivity index (χ0v) is 19.1. The van der Waals surface area contributed by atoms with Crippen molar-refractivity contribution in [1.82, 2.24) is 14.8 Å². The van der Waals surface area contributed by atoms with E-state index in [2.05, 4.69) is 16.4 Å². The molecule has 0 bridgehead atoms. The van der Waals surface area contributed by atoms with Crippen LogP contribution in [0.25, 0.3) is 0 Å². The summed E-state index contributed by atoms with van der Waals surface area (Å²) in [6.07, 6.45) is 2.16. The number of hydrogen-bond acceptors (Lipinski definition) is 7. The van der Waals surface area contributed by atoms with Gasteiger partial charge in [0.05, 0.1) is 17.2 Å². The highest BCUT2D eigenvalue weighted by molar-refractivity contribution is 7.91. The quantitative estimate of drug-likeness (QED) is 0.730. The van der Waals surface area contributed by atoms with Crippen LogP contribution < -0.4 is 5.32 Å². The van der Waals surface area contributed by atoms with Crippen molar-refractivity contribution in [1.29, 1.82) is 5.26 Å². The highest BCUT2D eigenvalue weighted by Crippen LogP contribution is 2.32. The molecule has 11 heteroatoms. The van der Waals surface area contributed by atoms with Crippen LogP contribution in [-0.4, -0.2) is 72.3 Å². The van der Waals surface area contributed by atoms with Crippen LogP contribution in [0.3, 0.4) is 0 Å². The molecule has 0 radical (unpaired) electrons. The lowest BCUT2D eigenvalue weighted by atomic mass is 9.91. The average molecular weight is 454 g/mol. The topological polar surface area (TPSA) is 123 Å². The monoisotopic (exact) mass is 453 g/mol. The summed E-state index contributed by atoms with van der Waals surface area (Å²) in [6.45, 7) is 6.62. The number of urea groups is 1. The van der Waals surface area contributed by atoms with Gasteiger partial charge in [-0.3, -0.25) is 4.79 Å². The Hall–Kier alpha value is -2.19. The Balaban J connectivity index is 1.73. The minimum atomic E-state index is -3.09. The van der Waals surface area contributed by atoms with Crippen molar-refractivity contribution in [2.75, 3.05) is 36.5 Å². The van der Waals surface area contributed by atoms with E-state index < -0.39 is 15.9 Å². The molecule has 1 N–H and O–H groups in total. The molecule has 3 heterocycles. The number of piperidine rings is 1. The third-order valence-corrected chi connectivity index (χ3v) is 7.82. The lowest BCUT2D eigenvalue weighted by molar-refractivity contribution is -0.121. The fourth-order valence-corrected chi connectivity index (χ4v) is 5.84. The van der Waals surface area contributed by atoms with E-state index in [4.69, 9.17) is 0 Å². The van der Waals surface area contributed by atoms with Gasteiger partial charge in [0.2, 0.25) is 5.91 Å². The van der Waals surface area contributed by atoms with Crippen LogP contribution >= 0.6 is 11.3 Å². The van der Waals surface area contributed by atoms with Crippen molar-refractivity contribution in [2.24, 2.45) is 0 Å². The van der Waals surface area contributed by atoms with Crippen LogP contribution in [0.15, 0.2) is 0 Å². The Morgan fingerprint density at radius 1 is 1.20 bits per heavy atom. The molecule has 0 spiro atoms. The summed E-state index contributed by atoms with van der Waals surface area (Å²) < 4.78 is 23.3. The lowest BCUT2D eigenvalue weighted by Gasteiger charge is -2.39. The Morgan fingerprint density at radius 3 is 2.43 bits per heavy atom. The molecule has 2 saturated heterocycles. The summed E-state index contributed by atoms with van der Waals surface area (Å²) in [7, 11) is -3.09. The van der Waals surface area contributed by atoms with Gasteiger partial charge >= 0.3 is 6.03 Å². The fourth-order valence-electron chi connectivity index (χ4n) is 3.66. The zero-order valence-electron chi connectivity index (χ0n) is 17.5. The summed E-state index contributed by atoms with van der Waals surface area (Å²) in [5.41, 5.74) is 0.308. The normalized spacial score (nSPS) is 21.7. The molecule has 1 aromatic heterocycles. The first-order chi connectivity index (χ1) is 14.0. The van der Waals surface area contributed by atoms with Gasteiger partial charge in [0.25, 0.3) is 0 Å². The van der Waals surface area contributed by atoms with Crippen molar-refractivity contribution in [3.05, 3.63) is 10.6 Å². The second kappa shape index (κ2) is 8.51. The summed E-state index contributed by atoms with van der Waals surface area (Å²) in [4.78, 5) is 33.9. The molecule has 0 unspecified atom stereocenters. The van der Waals surface area contributed by atoms with Gasteiger partial charge in [-0.1, -0.05) is 32.1 Å². The fraction of sp³-hybridized carbons (Fsp3) is 0.684. The molecule has 3 rings (SSSR count). The number of amides is 3. The SMILES string of the molecule is CC(C)(C)c1nc(NC(=O)[C@@H]2CCCCN2C(=O)N2CCS(=O)(=O)CC2)sc1C#N. The van der Waals surface area contributed by atoms with E-state index in [9.17, 15) is 23.3 Å². The second-order valence-electron chi connectivity index (χ2n) is 8.67. The molecule has 2 aliphatic rings. The van der Waals surface area contributed by atoms with Gasteiger partial charge in [-0.05, 0) is 19.3 Å². The van der Waals surface area contributed by atoms with E-state index in [-0.39, 0.29) is 41.9 Å². The highest BCUT2D eigenvalue weighted by atomic mass is 32.2. The number of anilines is 1. The maximum atomic E-state index is 13.0. The van der Waals surface area contributed by atoms with Gasteiger partial charge in [-0.25, -0.2) is 18.2 Å². The van der Waals surface area contributed by atoms with E-state index in [1.54, 1.807) is 4.90 Å². The first-order valence-electron chi connectivity index (χ1n) is 10.00. The molecule has 2 aliphatic heterocycles. The average Bonchev–Trinajstić information content (AvgIpc) is 3.11. The number of nitriles is 1. The van der Waals surface area contributed by atoms with Crippen LogP contribution in [0.5, 0.6) is 0 Å². The van der Waals surface area contributed by atoms with Crippen LogP contribution in [-0.2, 0) is 20.0 Å². The van der Waals surface area contributed by atoms with Crippen molar-refractivity contribution in [3.63, 3.8) is 0 Å². The van der Waals surface area contributed by atoms with Crippen molar-refractivity contribution >= 4 is 38.2 Å². The summed E-state index contributed by atoms with van der Waals surface area (Å²) in [5.74, 6) is -0.421. The number of nitrogens with zero attached hydrogens (tertiary/aromatic N) is 4. The predicted molar refractivity (Wildman–Crippen MR) is 114 cm³/mol. The Morgan fingerprint density at radius 2 is 1.87 bits per heavy atom. The molecule has 164 valence electrons. The largest absolute Gasteiger partial charge is 0.323 e. The zero-order chi connectivity index (χ0) is 22.1. The number of thiazole rings is 1. The third-order valence-electron chi connectivity index (χ3n) is 5.34. The molecule has 0 aliphatic carbocycles. The predicted octanol–water partition coefficient (Wildman–Crippen LogP) is 1.96. The smallest absolute Gasteiger partial charge is 0.320 e. The van der Waals surface area contributed by atoms with E-state index in [1.807, 2.05) is 20.8 Å². The summed E-state index contributed by atoms with van der Waals surface area (Å²) in [5, 5.41) is 12.5. The third kappa shape index (κ3) is 4.92. The molecule has 1 aromatic rings. The van der Waals surface area contributed by atoms with E-state index in [0.29, 0.717) is 28.7 Å². The number of likely N-dealkylation sites (tertiary alicyclic amines) is 1. The van der Waals surface area contributed by atoms with Crippen LogP contribution in [0.1, 0.15) is 50.6 Å². The molecule has 1 atom stereocenters. The molecular weight excluding hydrogens is 426 g/mol. The molecule has 30 heavy (non-hydrogen) atoms. The number of sulfone groups is 1. The maximum Gasteiger partial charge on any atom is 0.320 e. The number of aromatic nitrogens is 1. The summed E-state index contributed by atoms with van der Waals surface area (Å²) in [6, 6.07) is 1.20. The number of rotatable bonds is 2. The minimum Gasteiger partial charge on any atom is -0.323 e. The molecule has 2 fully saturated rings. The molecule has 0 aromatic carbocycles. The van der Waals surface area contributed by atoms with Crippen LogP contribution in [0.4, 0.5) is 9.93 Å². The Bertz CT molecular complexity index is 960. The molecule has 9 nitrogen and oxygen atoms in total. The van der Waals surface area contributed by atoms with Gasteiger partial charge < -0.3 is 15.1 Å². The van der Waals surface area contributed by atoms with Gasteiger partial charge in [0.1, 0.15) is 17.0 Å². The van der Waals surface area contributed by atoms with Crippen LogP contribution in [0.2, 0.25) is 0 Å². The number of hydrogen-bond donors (Lipinski definition) is 1. The van der Waals surface area contributed by atoms with Crippen molar-refractivity contribution in [3.8, 4) is 6.07 Å². The first kappa shape index (κ1) is 22.5. The number of nitrogens with one attached hydrogen (secondary N) is 1. The number of carbonyl (C=O) groups excluding carboxylic acids is 2. The van der Waals surface area contributed by atoms with Crippen molar-refractivity contribution < 1.29 is 18.0 Å². The minimum absolute atomic E-state index is 0.0466. The highest BCUT2D eigenvalue weighted by Gasteiger charge is 2.37. The van der Waals surface area contributed by atoms with Crippen molar-refractivity contribution in [2.45, 2.75) is 51.5 Å². The lowest BCUT2D eigenvalue weighted by Crippen LogP contribution is -2.56. The molecule has 0 saturated carbocycles. The Kier molecular flexibility index (Phi) is 6.38.